The number of hydrogen-bond donors (Lipinski definition) is 1. The van der Waals surface area contributed by atoms with Crippen LogP contribution >= 0.6 is 11.6 Å². The second-order valence-corrected chi connectivity index (χ2v) is 6.12. The molecule has 1 aromatic carbocycles. The minimum absolute atomic E-state index is 0.210. The number of benzene rings is 1. The number of nitrogens with zero attached hydrogens (tertiary/aromatic N) is 3. The third-order valence-corrected chi connectivity index (χ3v) is 4.16. The Labute approximate surface area is 152 Å². The van der Waals surface area contributed by atoms with Crippen molar-refractivity contribution in [1.29, 1.82) is 0 Å². The quantitative estimate of drug-likeness (QED) is 0.541. The Morgan fingerprint density at radius 1 is 1.00 bits per heavy atom. The van der Waals surface area contributed by atoms with Crippen LogP contribution in [0.1, 0.15) is 5.69 Å². The lowest BCUT2D eigenvalue weighted by atomic mass is 10.0. The van der Waals surface area contributed by atoms with Gasteiger partial charge in [-0.15, -0.1) is 0 Å². The van der Waals surface area contributed by atoms with Crippen molar-refractivity contribution in [3.8, 4) is 22.5 Å². The number of hydrogen-bond acceptors (Lipinski definition) is 4. The normalized spacial score (nSPS) is 11.0. The van der Waals surface area contributed by atoms with E-state index in [1.165, 1.54) is 6.07 Å². The van der Waals surface area contributed by atoms with Crippen LogP contribution in [0.15, 0.2) is 53.3 Å². The highest BCUT2D eigenvalue weighted by Crippen LogP contribution is 2.33. The Hall–Kier alpha value is -3.12. The molecule has 0 fully saturated rings. The topological polar surface area (TPSA) is 71.5 Å². The number of pyridine rings is 2. The molecule has 0 radical (unpaired) electrons. The maximum absolute atomic E-state index is 14.7. The summed E-state index contributed by atoms with van der Waals surface area (Å²) in [6.07, 6.45) is 0. The van der Waals surface area contributed by atoms with E-state index >= 15 is 0 Å². The minimum atomic E-state index is -0.660. The van der Waals surface area contributed by atoms with Crippen LogP contribution in [0.5, 0.6) is 0 Å². The van der Waals surface area contributed by atoms with Gasteiger partial charge in [0.25, 0.3) is 0 Å². The van der Waals surface area contributed by atoms with Gasteiger partial charge in [0.15, 0.2) is 16.6 Å². The van der Waals surface area contributed by atoms with Crippen LogP contribution in [-0.2, 0) is 0 Å². The zero-order chi connectivity index (χ0) is 18.3. The lowest BCUT2D eigenvalue weighted by molar-refractivity contribution is 0.624. The second kappa shape index (κ2) is 6.31. The number of aromatic amines is 1. The van der Waals surface area contributed by atoms with Gasteiger partial charge in [0, 0.05) is 22.9 Å². The van der Waals surface area contributed by atoms with Gasteiger partial charge in [0.1, 0.15) is 11.2 Å². The molecule has 4 rings (SSSR count). The van der Waals surface area contributed by atoms with Gasteiger partial charge in [0.2, 0.25) is 5.56 Å². The lowest BCUT2D eigenvalue weighted by Gasteiger charge is -2.12. The Morgan fingerprint density at radius 3 is 2.54 bits per heavy atom. The largest absolute Gasteiger partial charge is 0.305 e. The van der Waals surface area contributed by atoms with Gasteiger partial charge in [-0.1, -0.05) is 41.9 Å². The molecule has 0 saturated heterocycles. The van der Waals surface area contributed by atoms with Crippen molar-refractivity contribution < 1.29 is 4.39 Å². The Balaban J connectivity index is 2.11. The van der Waals surface area contributed by atoms with Crippen molar-refractivity contribution in [2.75, 3.05) is 0 Å². The molecule has 3 aromatic heterocycles. The maximum atomic E-state index is 14.7. The molecule has 5 nitrogen and oxygen atoms in total. The summed E-state index contributed by atoms with van der Waals surface area (Å²) in [6.45, 7) is 1.73. The molecule has 0 spiro atoms. The molecule has 0 saturated carbocycles. The van der Waals surface area contributed by atoms with E-state index in [1.54, 1.807) is 19.1 Å². The maximum Gasteiger partial charge on any atom is 0.249 e. The smallest absolute Gasteiger partial charge is 0.249 e. The summed E-state index contributed by atoms with van der Waals surface area (Å²) in [5, 5.41) is -0.220. The molecule has 3 heterocycles. The van der Waals surface area contributed by atoms with Gasteiger partial charge in [-0.05, 0) is 19.1 Å². The standard InChI is InChI=1S/C19H12ClFN4O/c1-10-9-12(15(21)18(20)22-10)17-16(11-5-3-2-4-6-11)25-19-13(23-17)7-8-14(26)24-19/h2-9H,1H3,(H,24,25,26). The van der Waals surface area contributed by atoms with E-state index in [0.29, 0.717) is 28.2 Å². The van der Waals surface area contributed by atoms with Crippen LogP contribution < -0.4 is 5.56 Å². The van der Waals surface area contributed by atoms with E-state index in [9.17, 15) is 9.18 Å². The molecule has 4 aromatic rings. The number of aromatic nitrogens is 4. The molecular formula is C19H12ClFN4O. The van der Waals surface area contributed by atoms with Gasteiger partial charge >= 0.3 is 0 Å². The van der Waals surface area contributed by atoms with Crippen LogP contribution in [0, 0.1) is 12.7 Å². The molecule has 0 amide bonds. The molecule has 128 valence electrons. The predicted molar refractivity (Wildman–Crippen MR) is 98.5 cm³/mol. The molecule has 0 unspecified atom stereocenters. The fraction of sp³-hybridized carbons (Fsp3) is 0.0526. The molecule has 0 aliphatic rings. The second-order valence-electron chi connectivity index (χ2n) is 5.76. The lowest BCUT2D eigenvalue weighted by Crippen LogP contribution is -2.06. The minimum Gasteiger partial charge on any atom is -0.305 e. The average Bonchev–Trinajstić information content (AvgIpc) is 2.64. The number of aryl methyl sites for hydroxylation is 1. The molecular weight excluding hydrogens is 355 g/mol. The Morgan fingerprint density at radius 2 is 1.77 bits per heavy atom. The van der Waals surface area contributed by atoms with Crippen LogP contribution in [0.4, 0.5) is 4.39 Å². The van der Waals surface area contributed by atoms with E-state index in [0.717, 1.165) is 5.56 Å². The number of nitrogens with one attached hydrogen (secondary N) is 1. The molecule has 26 heavy (non-hydrogen) atoms. The third-order valence-electron chi connectivity index (χ3n) is 3.90. The average molecular weight is 367 g/mol. The molecule has 0 aliphatic heterocycles. The van der Waals surface area contributed by atoms with Gasteiger partial charge in [-0.2, -0.15) is 0 Å². The van der Waals surface area contributed by atoms with Crippen molar-refractivity contribution in [2.45, 2.75) is 6.92 Å². The van der Waals surface area contributed by atoms with Crippen molar-refractivity contribution in [3.63, 3.8) is 0 Å². The van der Waals surface area contributed by atoms with Crippen LogP contribution in [-0.4, -0.2) is 19.9 Å². The van der Waals surface area contributed by atoms with Gasteiger partial charge in [-0.3, -0.25) is 4.79 Å². The van der Waals surface area contributed by atoms with Crippen LogP contribution in [0.3, 0.4) is 0 Å². The van der Waals surface area contributed by atoms with Gasteiger partial charge in [0.05, 0.1) is 5.69 Å². The fourth-order valence-corrected chi connectivity index (χ4v) is 2.98. The molecule has 1 N–H and O–H groups in total. The zero-order valence-electron chi connectivity index (χ0n) is 13.6. The number of rotatable bonds is 2. The first-order valence-corrected chi connectivity index (χ1v) is 8.20. The van der Waals surface area contributed by atoms with Crippen molar-refractivity contribution in [1.82, 2.24) is 19.9 Å². The number of H-pyrrole nitrogens is 1. The Kier molecular flexibility index (Phi) is 3.97. The summed E-state index contributed by atoms with van der Waals surface area (Å²) in [7, 11) is 0. The summed E-state index contributed by atoms with van der Waals surface area (Å²) < 4.78 is 14.7. The van der Waals surface area contributed by atoms with E-state index in [1.807, 2.05) is 30.3 Å². The van der Waals surface area contributed by atoms with Crippen molar-refractivity contribution in [2.24, 2.45) is 0 Å². The van der Waals surface area contributed by atoms with Crippen LogP contribution in [0.25, 0.3) is 33.7 Å². The monoisotopic (exact) mass is 366 g/mol. The van der Waals surface area contributed by atoms with Gasteiger partial charge in [-0.25, -0.2) is 19.3 Å². The summed E-state index contributed by atoms with van der Waals surface area (Å²) in [4.78, 5) is 27.3. The highest BCUT2D eigenvalue weighted by atomic mass is 35.5. The highest BCUT2D eigenvalue weighted by Gasteiger charge is 2.19. The van der Waals surface area contributed by atoms with Crippen molar-refractivity contribution >= 4 is 22.8 Å². The van der Waals surface area contributed by atoms with E-state index < -0.39 is 5.82 Å². The molecule has 0 atom stereocenters. The molecule has 0 aliphatic carbocycles. The molecule has 0 bridgehead atoms. The predicted octanol–water partition coefficient (Wildman–Crippen LogP) is 4.15. The van der Waals surface area contributed by atoms with E-state index in [-0.39, 0.29) is 16.3 Å². The van der Waals surface area contributed by atoms with Crippen molar-refractivity contribution in [3.05, 3.63) is 75.5 Å². The summed E-state index contributed by atoms with van der Waals surface area (Å²) >= 11 is 5.92. The van der Waals surface area contributed by atoms with E-state index in [4.69, 9.17) is 11.6 Å². The van der Waals surface area contributed by atoms with E-state index in [2.05, 4.69) is 19.9 Å². The number of fused-ring (bicyclic) bond motifs is 1. The SMILES string of the molecule is Cc1cc(-c2nc3ccc(=O)[nH]c3nc2-c2ccccc2)c(F)c(Cl)n1. The molecule has 7 heteroatoms. The Bertz CT molecular complexity index is 1190. The van der Waals surface area contributed by atoms with Gasteiger partial charge < -0.3 is 4.98 Å². The number of halogens is 2. The first-order chi connectivity index (χ1) is 12.5. The summed E-state index contributed by atoms with van der Waals surface area (Å²) in [6, 6.07) is 13.7. The first-order valence-electron chi connectivity index (χ1n) is 7.82. The van der Waals surface area contributed by atoms with Crippen LogP contribution in [0.2, 0.25) is 5.15 Å². The fourth-order valence-electron chi connectivity index (χ4n) is 2.75. The first kappa shape index (κ1) is 16.4. The summed E-state index contributed by atoms with van der Waals surface area (Å²) in [5.74, 6) is -0.660. The zero-order valence-corrected chi connectivity index (χ0v) is 14.4. The highest BCUT2D eigenvalue weighted by molar-refractivity contribution is 6.29. The third kappa shape index (κ3) is 2.84. The summed E-state index contributed by atoms with van der Waals surface area (Å²) in [5.41, 5.74) is 2.79.